The number of rotatable bonds is 6. The van der Waals surface area contributed by atoms with Crippen LogP contribution in [-0.2, 0) is 12.8 Å². The fraction of sp³-hybridized carbons (Fsp3) is 0.222. The minimum atomic E-state index is 0.539. The maximum atomic E-state index is 6.20. The SMILES string of the molecule is NCCc1nc(NCCc2ccccc2Cl)c2ccccc2n1. The Labute approximate surface area is 140 Å². The van der Waals surface area contributed by atoms with E-state index in [-0.39, 0.29) is 0 Å². The molecule has 3 aromatic rings. The second kappa shape index (κ2) is 7.40. The van der Waals surface area contributed by atoms with Gasteiger partial charge in [0.05, 0.1) is 5.52 Å². The van der Waals surface area contributed by atoms with Gasteiger partial charge in [0.25, 0.3) is 0 Å². The summed E-state index contributed by atoms with van der Waals surface area (Å²) in [5, 5.41) is 5.23. The van der Waals surface area contributed by atoms with E-state index in [1.54, 1.807) is 0 Å². The Balaban J connectivity index is 1.80. The van der Waals surface area contributed by atoms with Crippen molar-refractivity contribution in [1.29, 1.82) is 0 Å². The van der Waals surface area contributed by atoms with E-state index >= 15 is 0 Å². The maximum absolute atomic E-state index is 6.20. The summed E-state index contributed by atoms with van der Waals surface area (Å²) in [4.78, 5) is 9.16. The third-order valence-corrected chi connectivity index (χ3v) is 4.03. The van der Waals surface area contributed by atoms with E-state index in [0.717, 1.165) is 46.1 Å². The molecule has 0 atom stereocenters. The van der Waals surface area contributed by atoms with Crippen LogP contribution in [-0.4, -0.2) is 23.1 Å². The highest BCUT2D eigenvalue weighted by Gasteiger charge is 2.07. The smallest absolute Gasteiger partial charge is 0.137 e. The van der Waals surface area contributed by atoms with Crippen LogP contribution >= 0.6 is 11.6 Å². The molecule has 0 saturated heterocycles. The maximum Gasteiger partial charge on any atom is 0.137 e. The molecule has 5 heteroatoms. The summed E-state index contributed by atoms with van der Waals surface area (Å²) in [5.74, 6) is 1.62. The molecule has 0 saturated carbocycles. The molecule has 1 heterocycles. The molecule has 0 aliphatic carbocycles. The molecule has 4 nitrogen and oxygen atoms in total. The van der Waals surface area contributed by atoms with E-state index in [2.05, 4.69) is 15.3 Å². The lowest BCUT2D eigenvalue weighted by Crippen LogP contribution is -2.11. The summed E-state index contributed by atoms with van der Waals surface area (Å²) >= 11 is 6.20. The van der Waals surface area contributed by atoms with Gasteiger partial charge in [-0.3, -0.25) is 0 Å². The molecule has 23 heavy (non-hydrogen) atoms. The zero-order chi connectivity index (χ0) is 16.1. The van der Waals surface area contributed by atoms with Crippen LogP contribution in [0, 0.1) is 0 Å². The number of para-hydroxylation sites is 1. The van der Waals surface area contributed by atoms with E-state index in [1.165, 1.54) is 0 Å². The van der Waals surface area contributed by atoms with Crippen LogP contribution < -0.4 is 11.1 Å². The molecule has 2 aromatic carbocycles. The minimum Gasteiger partial charge on any atom is -0.369 e. The van der Waals surface area contributed by atoms with Gasteiger partial charge in [0.2, 0.25) is 0 Å². The first kappa shape index (κ1) is 15.7. The molecule has 3 N–H and O–H groups in total. The molecule has 118 valence electrons. The Morgan fingerprint density at radius 1 is 0.957 bits per heavy atom. The van der Waals surface area contributed by atoms with Crippen molar-refractivity contribution in [2.45, 2.75) is 12.8 Å². The van der Waals surface area contributed by atoms with Crippen molar-refractivity contribution in [3.8, 4) is 0 Å². The first-order valence-electron chi connectivity index (χ1n) is 7.71. The van der Waals surface area contributed by atoms with E-state index in [1.807, 2.05) is 48.5 Å². The Morgan fingerprint density at radius 3 is 2.57 bits per heavy atom. The molecule has 0 spiro atoms. The minimum absolute atomic E-state index is 0.539. The fourth-order valence-electron chi connectivity index (χ4n) is 2.52. The topological polar surface area (TPSA) is 63.8 Å². The van der Waals surface area contributed by atoms with Crippen LogP contribution in [0.25, 0.3) is 10.9 Å². The third-order valence-electron chi connectivity index (χ3n) is 3.66. The van der Waals surface area contributed by atoms with Crippen LogP contribution in [0.3, 0.4) is 0 Å². The van der Waals surface area contributed by atoms with Gasteiger partial charge in [-0.15, -0.1) is 0 Å². The van der Waals surface area contributed by atoms with Crippen LogP contribution in [0.1, 0.15) is 11.4 Å². The predicted octanol–water partition coefficient (Wildman–Crippen LogP) is 3.44. The van der Waals surface area contributed by atoms with E-state index in [0.29, 0.717) is 13.0 Å². The van der Waals surface area contributed by atoms with Crippen molar-refractivity contribution in [2.24, 2.45) is 5.73 Å². The summed E-state index contributed by atoms with van der Waals surface area (Å²) in [5.41, 5.74) is 7.70. The number of aromatic nitrogens is 2. The highest BCUT2D eigenvalue weighted by atomic mass is 35.5. The highest BCUT2D eigenvalue weighted by Crippen LogP contribution is 2.21. The first-order chi connectivity index (χ1) is 11.3. The average molecular weight is 327 g/mol. The monoisotopic (exact) mass is 326 g/mol. The van der Waals surface area contributed by atoms with Crippen molar-refractivity contribution < 1.29 is 0 Å². The lowest BCUT2D eigenvalue weighted by molar-refractivity contribution is 0.876. The van der Waals surface area contributed by atoms with Crippen molar-refractivity contribution in [2.75, 3.05) is 18.4 Å². The summed E-state index contributed by atoms with van der Waals surface area (Å²) in [6.07, 6.45) is 1.51. The Hall–Kier alpha value is -2.17. The van der Waals surface area contributed by atoms with E-state index < -0.39 is 0 Å². The molecule has 0 amide bonds. The number of anilines is 1. The summed E-state index contributed by atoms with van der Waals surface area (Å²) < 4.78 is 0. The van der Waals surface area contributed by atoms with E-state index in [4.69, 9.17) is 17.3 Å². The lowest BCUT2D eigenvalue weighted by Gasteiger charge is -2.11. The normalized spacial score (nSPS) is 10.9. The van der Waals surface area contributed by atoms with Crippen molar-refractivity contribution >= 4 is 28.3 Å². The van der Waals surface area contributed by atoms with Gasteiger partial charge < -0.3 is 11.1 Å². The van der Waals surface area contributed by atoms with Crippen LogP contribution in [0.5, 0.6) is 0 Å². The first-order valence-corrected chi connectivity index (χ1v) is 8.08. The Kier molecular flexibility index (Phi) is 5.05. The Bertz CT molecular complexity index is 804. The number of hydrogen-bond donors (Lipinski definition) is 2. The molecule has 0 bridgehead atoms. The second-order valence-electron chi connectivity index (χ2n) is 5.31. The number of fused-ring (bicyclic) bond motifs is 1. The summed E-state index contributed by atoms with van der Waals surface area (Å²) in [7, 11) is 0. The van der Waals surface area contributed by atoms with Gasteiger partial charge in [0.15, 0.2) is 0 Å². The zero-order valence-corrected chi connectivity index (χ0v) is 13.6. The van der Waals surface area contributed by atoms with Gasteiger partial charge in [-0.25, -0.2) is 9.97 Å². The lowest BCUT2D eigenvalue weighted by atomic mass is 10.1. The van der Waals surface area contributed by atoms with Gasteiger partial charge in [-0.1, -0.05) is 41.9 Å². The number of nitrogens with two attached hydrogens (primary N) is 1. The number of hydrogen-bond acceptors (Lipinski definition) is 4. The average Bonchev–Trinajstić information content (AvgIpc) is 2.57. The van der Waals surface area contributed by atoms with Gasteiger partial charge >= 0.3 is 0 Å². The molecule has 1 aromatic heterocycles. The van der Waals surface area contributed by atoms with Gasteiger partial charge in [-0.05, 0) is 36.7 Å². The zero-order valence-electron chi connectivity index (χ0n) is 12.8. The molecular formula is C18H19ClN4. The summed E-state index contributed by atoms with van der Waals surface area (Å²) in [6, 6.07) is 15.9. The molecule has 0 unspecified atom stereocenters. The number of benzene rings is 2. The highest BCUT2D eigenvalue weighted by molar-refractivity contribution is 6.31. The third kappa shape index (κ3) is 3.78. The van der Waals surface area contributed by atoms with Crippen molar-refractivity contribution in [3.63, 3.8) is 0 Å². The second-order valence-corrected chi connectivity index (χ2v) is 5.72. The summed E-state index contributed by atoms with van der Waals surface area (Å²) in [6.45, 7) is 1.30. The van der Waals surface area contributed by atoms with E-state index in [9.17, 15) is 0 Å². The standard InChI is InChI=1S/C18H19ClN4/c19-15-7-3-1-5-13(15)10-12-21-18-14-6-2-4-8-16(14)22-17(23-18)9-11-20/h1-8H,9-12,20H2,(H,21,22,23). The Morgan fingerprint density at radius 2 is 1.74 bits per heavy atom. The van der Waals surface area contributed by atoms with Gasteiger partial charge in [0, 0.05) is 23.4 Å². The number of nitrogens with one attached hydrogen (secondary N) is 1. The largest absolute Gasteiger partial charge is 0.369 e. The van der Waals surface area contributed by atoms with Crippen LogP contribution in [0.15, 0.2) is 48.5 Å². The molecule has 3 rings (SSSR count). The predicted molar refractivity (Wildman–Crippen MR) is 95.9 cm³/mol. The van der Waals surface area contributed by atoms with Gasteiger partial charge in [-0.2, -0.15) is 0 Å². The van der Waals surface area contributed by atoms with Crippen LogP contribution in [0.4, 0.5) is 5.82 Å². The molecule has 0 aliphatic rings. The van der Waals surface area contributed by atoms with Crippen molar-refractivity contribution in [1.82, 2.24) is 9.97 Å². The van der Waals surface area contributed by atoms with Crippen LogP contribution in [0.2, 0.25) is 5.02 Å². The molecule has 0 fully saturated rings. The number of halogens is 1. The fourth-order valence-corrected chi connectivity index (χ4v) is 2.75. The molecule has 0 aliphatic heterocycles. The quantitative estimate of drug-likeness (QED) is 0.728. The van der Waals surface area contributed by atoms with Gasteiger partial charge in [0.1, 0.15) is 11.6 Å². The molecular weight excluding hydrogens is 308 g/mol. The molecule has 0 radical (unpaired) electrons. The number of nitrogens with zero attached hydrogens (tertiary/aromatic N) is 2. The van der Waals surface area contributed by atoms with Crippen molar-refractivity contribution in [3.05, 3.63) is 64.9 Å².